The summed E-state index contributed by atoms with van der Waals surface area (Å²) in [6.45, 7) is 10.4. The minimum absolute atomic E-state index is 0. The first-order chi connectivity index (χ1) is 65.4. The molecule has 8 aromatic carbocycles. The van der Waals surface area contributed by atoms with E-state index in [4.69, 9.17) is 109 Å². The molecular weight excluding hydrogens is 2370 g/mol. The molecular formula is C89H112Cl4Hg2N11NaO28S4. The molecule has 17 N–H and O–H groups in total. The van der Waals surface area contributed by atoms with Gasteiger partial charge in [0, 0.05) is 57.5 Å². The van der Waals surface area contributed by atoms with Gasteiger partial charge in [0.25, 0.3) is 0 Å². The molecule has 1 aliphatic heterocycles. The number of rotatable bonds is 37. The summed E-state index contributed by atoms with van der Waals surface area (Å²) in [6.07, 6.45) is 3.81. The summed E-state index contributed by atoms with van der Waals surface area (Å²) in [7, 11) is -14.0. The molecule has 2 aliphatic rings. The summed E-state index contributed by atoms with van der Waals surface area (Å²) in [4.78, 5) is 42.6. The van der Waals surface area contributed by atoms with E-state index < -0.39 is 175 Å². The molecule has 2 unspecified atom stereocenters. The number of halogens is 4. The van der Waals surface area contributed by atoms with Crippen LogP contribution >= 0.6 is 46.4 Å². The third-order valence-corrected chi connectivity index (χ3v) is 36.7. The topological polar surface area (TPSA) is 623 Å². The maximum absolute atomic E-state index is 13.7. The largest absolute Gasteiger partial charge is 1.00 e. The molecule has 1 saturated heterocycles. The minimum atomic E-state index is -4.67. The number of nitrogens with zero attached hydrogens (tertiary/aromatic N) is 6. The zero-order valence-corrected chi connectivity index (χ0v) is 95.9. The van der Waals surface area contributed by atoms with Crippen LogP contribution in [-0.4, -0.2) is 237 Å². The number of aliphatic carboxylic acids is 2. The number of aromatic hydroxyl groups is 1. The Balaban J connectivity index is 0.000000369. The van der Waals surface area contributed by atoms with Crippen molar-refractivity contribution < 1.29 is 202 Å². The Labute approximate surface area is 876 Å². The fourth-order valence-corrected chi connectivity index (χ4v) is 25.4. The molecule has 1 saturated carbocycles. The quantitative estimate of drug-likeness (QED) is 0.00255. The molecule has 0 radical (unpaired) electrons. The van der Waals surface area contributed by atoms with Gasteiger partial charge in [-0.25, -0.2) is 18.2 Å². The van der Waals surface area contributed by atoms with E-state index in [0.29, 0.717) is 62.0 Å². The van der Waals surface area contributed by atoms with Gasteiger partial charge < -0.3 is 92.0 Å². The summed E-state index contributed by atoms with van der Waals surface area (Å²) < 4.78 is 151. The summed E-state index contributed by atoms with van der Waals surface area (Å²) in [6, 6.07) is 58.5. The van der Waals surface area contributed by atoms with Crippen molar-refractivity contribution in [3.8, 4) is 17.2 Å². The van der Waals surface area contributed by atoms with Crippen molar-refractivity contribution in [1.82, 2.24) is 25.9 Å². The second kappa shape index (κ2) is 64.6. The maximum Gasteiger partial charge on any atom is 1.00 e. The number of hydrogen-bond acceptors (Lipinski definition) is 33. The van der Waals surface area contributed by atoms with Gasteiger partial charge in [-0.05, 0) is 74.8 Å². The summed E-state index contributed by atoms with van der Waals surface area (Å²) >= 11 is 16.5. The molecule has 10 atom stereocenters. The number of alkyl halides is 3. The van der Waals surface area contributed by atoms with Crippen LogP contribution in [0.3, 0.4) is 0 Å². The fraction of sp³-hybridized carbons (Fsp3) is 0.371. The van der Waals surface area contributed by atoms with Gasteiger partial charge in [-0.2, -0.15) is 8.42 Å². The van der Waals surface area contributed by atoms with Crippen LogP contribution in [-0.2, 0) is 130 Å². The molecule has 2 aromatic heterocycles. The first kappa shape index (κ1) is 124. The number of fused-ring (bicyclic) bond motifs is 3. The average molecular weight is 2480 g/mol. The molecule has 0 bridgehead atoms. The van der Waals surface area contributed by atoms with Crippen LogP contribution in [0.4, 0.5) is 11.4 Å². The van der Waals surface area contributed by atoms with Crippen LogP contribution in [0.5, 0.6) is 17.2 Å². The van der Waals surface area contributed by atoms with Crippen molar-refractivity contribution in [2.45, 2.75) is 166 Å². The number of carbonyl (C=O) groups is 3. The number of anilines is 1. The molecule has 0 amide bonds. The van der Waals surface area contributed by atoms with Crippen molar-refractivity contribution in [2.75, 3.05) is 58.3 Å². The SMILES string of the molecule is C=O.CCCCCCCCCCCCNCCNCCNCC(=O)O.CN(C)c1ccc(N=NS(=O)(=O)[O-])cc1.C[C@H]1O[C@H](OC2[C@@H](O)[C@@H](O)C(O)[C@H](O)[C@H]2O)[C@@H](N)C[C@@H]1N=C(N)C(=O)O.Clc1cccc(C(Cl)(Cl)Cl)n1.O=S(=O)(O)O.O=S(=O)([O][Hg][O]c1ccccc1)c1cc2ccccc2cc1Cc1cc2ccccc2cc1S(=O)(=O)[O][Hg][O]c1ccccc1.Oc1cccc2cccnc12.[Na+]. The molecule has 139 heavy (non-hydrogen) atoms. The van der Waals surface area contributed by atoms with Gasteiger partial charge in [-0.1, -0.05) is 140 Å². The predicted molar refractivity (Wildman–Crippen MR) is 513 cm³/mol. The number of para-hydroxylation sites is 3. The van der Waals surface area contributed by atoms with Crippen molar-refractivity contribution in [3.63, 3.8) is 0 Å². The Bertz CT molecular complexity index is 5750. The van der Waals surface area contributed by atoms with E-state index in [1.54, 1.807) is 141 Å². The van der Waals surface area contributed by atoms with E-state index in [2.05, 4.69) is 47.5 Å². The molecule has 0 spiro atoms. The van der Waals surface area contributed by atoms with Crippen LogP contribution in [0.1, 0.15) is 101 Å². The zero-order valence-electron chi connectivity index (χ0n) is 76.6. The van der Waals surface area contributed by atoms with Crippen molar-refractivity contribution >= 4 is 156 Å². The van der Waals surface area contributed by atoms with E-state index in [9.17, 15) is 70.0 Å². The standard InChI is InChI=1S/C21H16O6S2.C18H39N3O2.C14H25N3O9.C9H7NO.C8H11N3O3S.C6H3Cl4N.2C6H6O.CH2O.2Hg.Na.H2O4S/c22-28(23,24)20-12-16-7-3-1-5-14(16)9-18(20)11-19-10-15-6-2-4-8-17(15)13-21(19)29(25,26)27;1-2-3-4-5-6-7-8-9-10-11-12-19-13-14-20-15-16-21-17-18(22)23;1-3-5(17-12(16)13(23)24)2-4(15)14(25-3)26-11-9(21)7(19)6(18)8(20)10(11)22;11-8-5-1-3-7-4-2-6-10-9(7)8;1-11(2)8-5-3-7(4-6-8)9-10-15(12,13)14;7-5-3-1-2-4(11-5)6(8,9)10;2*7-6-4-2-1-3-5-6;1-2;;;;1-5(2,3)4/h1-10,12-13H,11H2,(H,22,23,24)(H,25,26,27);19-21H,2-17H2,1H3,(H,22,23);3-11,14,18-22H,2,15H2,1H3,(H2,16,17)(H,23,24);1-6,11H;3-6H,1-2H3,(H,12,13,14);1-3H;2*1-5,7H;1H2;;;;(H2,1,2,3,4)/q;;;;;;;;;2*+2;+1;/p-5/t;;3-,4+,5+,6?,7+,8+,9-,10+,11?,14-;;;;;;;;;;/m..1........../s1. The number of phenols is 1. The van der Waals surface area contributed by atoms with E-state index in [-0.39, 0.29) is 64.5 Å². The summed E-state index contributed by atoms with van der Waals surface area (Å²) in [5.41, 5.74) is 14.3. The number of nitrogens with one attached hydrogen (secondary N) is 3. The number of carboxylic acids is 2. The number of amidine groups is 1. The number of aliphatic hydroxyl groups excluding tert-OH is 5. The number of unbranched alkanes of at least 4 members (excludes halogenated alkanes) is 9. The van der Waals surface area contributed by atoms with Crippen molar-refractivity contribution in [3.05, 3.63) is 234 Å². The normalized spacial score (nSPS) is 17.9. The number of carbonyl (C=O) groups excluding carboxylic acids is 1. The molecule has 39 nitrogen and oxygen atoms in total. The molecule has 3 heterocycles. The van der Waals surface area contributed by atoms with E-state index in [1.165, 1.54) is 64.2 Å². The molecule has 50 heteroatoms. The predicted octanol–water partition coefficient (Wildman–Crippen LogP) is 8.17. The second-order valence-electron chi connectivity index (χ2n) is 30.6. The molecule has 2 fully saturated rings. The molecule has 10 aromatic rings. The van der Waals surface area contributed by atoms with Crippen LogP contribution in [0.15, 0.2) is 237 Å². The van der Waals surface area contributed by atoms with E-state index in [0.717, 1.165) is 48.0 Å². The number of carboxylic acid groups (broad SMARTS) is 2. The number of pyridine rings is 2. The van der Waals surface area contributed by atoms with Gasteiger partial charge in [0.05, 0.1) is 36.1 Å². The first-order valence-electron chi connectivity index (χ1n) is 42.8. The minimum Gasteiger partial charge on any atom is -0.506 e. The number of phenolic OH excluding ortho intramolecular Hbond substituents is 1. The first-order valence-corrected chi connectivity index (χ1v) is 58.9. The third kappa shape index (κ3) is 47.5. The second-order valence-corrected chi connectivity index (χ2v) is 47.9. The van der Waals surface area contributed by atoms with Crippen LogP contribution < -0.4 is 67.2 Å². The Hall–Kier alpha value is -7.09. The number of nitrogens with two attached hydrogens (primary N) is 2. The zero-order chi connectivity index (χ0) is 102. The Morgan fingerprint density at radius 3 is 1.47 bits per heavy atom. The Morgan fingerprint density at radius 1 is 0.597 bits per heavy atom. The van der Waals surface area contributed by atoms with Crippen molar-refractivity contribution in [1.29, 1.82) is 0 Å². The smallest absolute Gasteiger partial charge is 0.506 e. The van der Waals surface area contributed by atoms with Crippen LogP contribution in [0.2, 0.25) is 5.15 Å². The number of aliphatic imine (C=N–C) groups is 1. The monoisotopic (exact) mass is 2480 g/mol. The number of ether oxygens (including phenoxy) is 2. The van der Waals surface area contributed by atoms with Crippen LogP contribution in [0, 0.1) is 0 Å². The third-order valence-electron chi connectivity index (χ3n) is 19.9. The van der Waals surface area contributed by atoms with Gasteiger partial charge in [-0.3, -0.25) is 23.9 Å². The maximum atomic E-state index is 13.7. The van der Waals surface area contributed by atoms with Gasteiger partial charge in [0.1, 0.15) is 59.8 Å². The number of aromatic nitrogens is 2. The van der Waals surface area contributed by atoms with Gasteiger partial charge in [-0.15, -0.1) is 5.11 Å². The van der Waals surface area contributed by atoms with E-state index in [1.807, 2.05) is 105 Å². The van der Waals surface area contributed by atoms with Gasteiger partial charge in [0.15, 0.2) is 6.29 Å². The summed E-state index contributed by atoms with van der Waals surface area (Å²) in [5.74, 6) is -1.41. The fourth-order valence-electron chi connectivity index (χ4n) is 13.1. The van der Waals surface area contributed by atoms with E-state index >= 15 is 0 Å². The molecule has 12 rings (SSSR count). The number of hydrogen-bond donors (Lipinski definition) is 15. The van der Waals surface area contributed by atoms with Crippen molar-refractivity contribution in [2.24, 2.45) is 26.1 Å². The molecule has 1 aliphatic carbocycles. The average Bonchev–Trinajstić information content (AvgIpc) is 0.742. The number of benzene rings is 8. The van der Waals surface area contributed by atoms with Crippen LogP contribution in [0.25, 0.3) is 32.4 Å². The summed E-state index contributed by atoms with van der Waals surface area (Å²) in [5, 5.41) is 92.8. The Kier molecular flexibility index (Phi) is 57.7. The van der Waals surface area contributed by atoms with Gasteiger partial charge >= 0.3 is 343 Å². The molecule has 748 valence electrons. The number of aliphatic hydroxyl groups is 5. The van der Waals surface area contributed by atoms with Gasteiger partial charge in [0.2, 0.25) is 19.9 Å². The Morgan fingerprint density at radius 2 is 1.03 bits per heavy atom.